The van der Waals surface area contributed by atoms with Crippen LogP contribution in [0.15, 0.2) is 42.5 Å². The van der Waals surface area contributed by atoms with Crippen LogP contribution in [-0.4, -0.2) is 35.7 Å². The number of nitrogens with zero attached hydrogens (tertiary/aromatic N) is 1. The molecule has 29 heavy (non-hydrogen) atoms. The van der Waals surface area contributed by atoms with Gasteiger partial charge in [-0.05, 0) is 61.7 Å². The summed E-state index contributed by atoms with van der Waals surface area (Å²) in [5, 5.41) is 5.62. The van der Waals surface area contributed by atoms with Crippen LogP contribution in [0, 0.1) is 18.7 Å². The highest BCUT2D eigenvalue weighted by atomic mass is 19.1. The van der Waals surface area contributed by atoms with E-state index in [0.717, 1.165) is 12.0 Å². The number of likely N-dealkylation sites (tertiary alicyclic amines) is 1. The average molecular weight is 397 g/mol. The lowest BCUT2D eigenvalue weighted by atomic mass is 9.96. The summed E-state index contributed by atoms with van der Waals surface area (Å²) in [6, 6.07) is 10.7. The van der Waals surface area contributed by atoms with Crippen molar-refractivity contribution < 1.29 is 18.8 Å². The summed E-state index contributed by atoms with van der Waals surface area (Å²) in [5.41, 5.74) is 2.54. The van der Waals surface area contributed by atoms with Crippen LogP contribution in [0.2, 0.25) is 0 Å². The molecular formula is C22H24FN3O3. The topological polar surface area (TPSA) is 78.5 Å². The number of nitrogens with one attached hydrogen (secondary N) is 2. The van der Waals surface area contributed by atoms with Crippen molar-refractivity contribution in [3.63, 3.8) is 0 Å². The van der Waals surface area contributed by atoms with E-state index < -0.39 is 5.82 Å². The number of piperidine rings is 1. The van der Waals surface area contributed by atoms with Crippen molar-refractivity contribution >= 4 is 29.1 Å². The molecule has 1 fully saturated rings. The molecule has 0 saturated carbocycles. The summed E-state index contributed by atoms with van der Waals surface area (Å²) in [6.07, 6.45) is 1.40. The molecule has 1 heterocycles. The zero-order valence-corrected chi connectivity index (χ0v) is 16.5. The van der Waals surface area contributed by atoms with E-state index in [2.05, 4.69) is 10.6 Å². The van der Waals surface area contributed by atoms with Crippen LogP contribution in [0.4, 0.5) is 15.8 Å². The summed E-state index contributed by atoms with van der Waals surface area (Å²) in [5.74, 6) is -1.28. The number of anilines is 2. The molecular weight excluding hydrogens is 373 g/mol. The van der Waals surface area contributed by atoms with Gasteiger partial charge in [-0.1, -0.05) is 6.07 Å². The zero-order valence-electron chi connectivity index (χ0n) is 16.5. The minimum atomic E-state index is -0.394. The van der Waals surface area contributed by atoms with Gasteiger partial charge in [0.05, 0.1) is 5.92 Å². The Morgan fingerprint density at radius 3 is 2.48 bits per heavy atom. The van der Waals surface area contributed by atoms with E-state index in [1.54, 1.807) is 17.0 Å². The van der Waals surface area contributed by atoms with Crippen LogP contribution in [0.5, 0.6) is 0 Å². The van der Waals surface area contributed by atoms with Crippen molar-refractivity contribution in [1.29, 1.82) is 0 Å². The highest BCUT2D eigenvalue weighted by molar-refractivity contribution is 5.97. The van der Waals surface area contributed by atoms with Gasteiger partial charge in [-0.2, -0.15) is 0 Å². The Morgan fingerprint density at radius 2 is 1.79 bits per heavy atom. The monoisotopic (exact) mass is 397 g/mol. The average Bonchev–Trinajstić information content (AvgIpc) is 2.70. The lowest BCUT2D eigenvalue weighted by molar-refractivity contribution is -0.121. The number of aryl methyl sites for hydroxylation is 1. The maximum Gasteiger partial charge on any atom is 0.253 e. The molecule has 2 aromatic rings. The van der Waals surface area contributed by atoms with Crippen molar-refractivity contribution in [2.45, 2.75) is 26.7 Å². The van der Waals surface area contributed by atoms with E-state index in [1.807, 2.05) is 13.0 Å². The van der Waals surface area contributed by atoms with Crippen LogP contribution < -0.4 is 10.6 Å². The number of hydrogen-bond acceptors (Lipinski definition) is 3. The van der Waals surface area contributed by atoms with Gasteiger partial charge in [-0.3, -0.25) is 14.4 Å². The Morgan fingerprint density at radius 1 is 1.07 bits per heavy atom. The third kappa shape index (κ3) is 5.19. The first-order valence-electron chi connectivity index (χ1n) is 9.57. The Labute approximate surface area is 169 Å². The maximum absolute atomic E-state index is 13.1. The first-order valence-corrected chi connectivity index (χ1v) is 9.57. The second kappa shape index (κ2) is 8.86. The smallest absolute Gasteiger partial charge is 0.253 e. The normalized spacial score (nSPS) is 16.2. The van der Waals surface area contributed by atoms with E-state index in [9.17, 15) is 18.8 Å². The molecule has 3 amide bonds. The molecule has 1 aliphatic heterocycles. The SMILES string of the molecule is CC(=O)Nc1cc(NC(=O)C2CCCN(C(=O)c3ccc(F)cc3)C2)ccc1C. The van der Waals surface area contributed by atoms with E-state index in [0.29, 0.717) is 36.4 Å². The molecule has 1 saturated heterocycles. The Kier molecular flexibility index (Phi) is 6.26. The van der Waals surface area contributed by atoms with Crippen LogP contribution in [0.25, 0.3) is 0 Å². The molecule has 2 aromatic carbocycles. The first-order chi connectivity index (χ1) is 13.8. The van der Waals surface area contributed by atoms with Gasteiger partial charge in [-0.25, -0.2) is 4.39 Å². The molecule has 1 aliphatic rings. The number of rotatable bonds is 4. The van der Waals surface area contributed by atoms with Gasteiger partial charge in [0, 0.05) is 37.0 Å². The maximum atomic E-state index is 13.1. The van der Waals surface area contributed by atoms with Crippen LogP contribution >= 0.6 is 0 Å². The molecule has 6 nitrogen and oxygen atoms in total. The summed E-state index contributed by atoms with van der Waals surface area (Å²) < 4.78 is 13.1. The number of carbonyl (C=O) groups excluding carboxylic acids is 3. The fourth-order valence-electron chi connectivity index (χ4n) is 3.42. The third-order valence-electron chi connectivity index (χ3n) is 4.99. The number of benzene rings is 2. The Hall–Kier alpha value is -3.22. The largest absolute Gasteiger partial charge is 0.338 e. The van der Waals surface area contributed by atoms with Crippen molar-refractivity contribution in [1.82, 2.24) is 4.90 Å². The van der Waals surface area contributed by atoms with Gasteiger partial charge in [0.1, 0.15) is 5.82 Å². The quantitative estimate of drug-likeness (QED) is 0.828. The minimum Gasteiger partial charge on any atom is -0.338 e. The van der Waals surface area contributed by atoms with Crippen molar-refractivity contribution in [3.05, 3.63) is 59.4 Å². The predicted octanol–water partition coefficient (Wildman–Crippen LogP) is 3.58. The lowest BCUT2D eigenvalue weighted by Crippen LogP contribution is -2.43. The minimum absolute atomic E-state index is 0.167. The van der Waals surface area contributed by atoms with E-state index in [-0.39, 0.29) is 23.6 Å². The van der Waals surface area contributed by atoms with Gasteiger partial charge in [-0.15, -0.1) is 0 Å². The zero-order chi connectivity index (χ0) is 21.0. The molecule has 152 valence electrons. The van der Waals surface area contributed by atoms with Gasteiger partial charge in [0.25, 0.3) is 5.91 Å². The van der Waals surface area contributed by atoms with Crippen LogP contribution in [0.1, 0.15) is 35.7 Å². The number of carbonyl (C=O) groups is 3. The van der Waals surface area contributed by atoms with Gasteiger partial charge >= 0.3 is 0 Å². The molecule has 1 unspecified atom stereocenters. The first kappa shape index (κ1) is 20.5. The highest BCUT2D eigenvalue weighted by Gasteiger charge is 2.29. The third-order valence-corrected chi connectivity index (χ3v) is 4.99. The fourth-order valence-corrected chi connectivity index (χ4v) is 3.42. The van der Waals surface area contributed by atoms with Crippen molar-refractivity contribution in [2.75, 3.05) is 23.7 Å². The Bertz CT molecular complexity index is 927. The number of hydrogen-bond donors (Lipinski definition) is 2. The van der Waals surface area contributed by atoms with Gasteiger partial charge in [0.2, 0.25) is 11.8 Å². The molecule has 0 spiro atoms. The Balaban J connectivity index is 1.66. The molecule has 0 aromatic heterocycles. The molecule has 1 atom stereocenters. The second-order valence-corrected chi connectivity index (χ2v) is 7.30. The van der Waals surface area contributed by atoms with Crippen LogP contribution in [-0.2, 0) is 9.59 Å². The standard InChI is InChI=1S/C22H24FN3O3/c1-14-5-10-19(12-20(14)24-15(2)27)25-21(28)17-4-3-11-26(13-17)22(29)16-6-8-18(23)9-7-16/h5-10,12,17H,3-4,11,13H2,1-2H3,(H,24,27)(H,25,28). The molecule has 3 rings (SSSR count). The lowest BCUT2D eigenvalue weighted by Gasteiger charge is -2.32. The molecule has 0 radical (unpaired) electrons. The summed E-state index contributed by atoms with van der Waals surface area (Å²) in [6.45, 7) is 4.18. The highest BCUT2D eigenvalue weighted by Crippen LogP contribution is 2.23. The van der Waals surface area contributed by atoms with Crippen molar-refractivity contribution in [2.24, 2.45) is 5.92 Å². The summed E-state index contributed by atoms with van der Waals surface area (Å²) >= 11 is 0. The molecule has 0 bridgehead atoms. The van der Waals surface area contributed by atoms with Crippen molar-refractivity contribution in [3.8, 4) is 0 Å². The van der Waals surface area contributed by atoms with E-state index in [4.69, 9.17) is 0 Å². The second-order valence-electron chi connectivity index (χ2n) is 7.30. The predicted molar refractivity (Wildman–Crippen MR) is 109 cm³/mol. The van der Waals surface area contributed by atoms with Gasteiger partial charge < -0.3 is 15.5 Å². The summed E-state index contributed by atoms with van der Waals surface area (Å²) in [7, 11) is 0. The molecule has 0 aliphatic carbocycles. The van der Waals surface area contributed by atoms with E-state index >= 15 is 0 Å². The molecule has 2 N–H and O–H groups in total. The summed E-state index contributed by atoms with van der Waals surface area (Å²) in [4.78, 5) is 38.4. The van der Waals surface area contributed by atoms with Gasteiger partial charge in [0.15, 0.2) is 0 Å². The van der Waals surface area contributed by atoms with E-state index in [1.165, 1.54) is 31.2 Å². The molecule has 7 heteroatoms. The van der Waals surface area contributed by atoms with Crippen LogP contribution in [0.3, 0.4) is 0 Å². The number of amides is 3. The number of halogens is 1. The fraction of sp³-hybridized carbons (Fsp3) is 0.318.